The van der Waals surface area contributed by atoms with E-state index in [1.807, 2.05) is 11.0 Å². The maximum Gasteiger partial charge on any atom is 0.257 e. The van der Waals surface area contributed by atoms with Crippen molar-refractivity contribution < 1.29 is 9.59 Å². The van der Waals surface area contributed by atoms with Crippen LogP contribution in [-0.2, 0) is 6.54 Å². The number of rotatable bonds is 3. The van der Waals surface area contributed by atoms with Crippen LogP contribution in [0.3, 0.4) is 0 Å². The van der Waals surface area contributed by atoms with Gasteiger partial charge in [-0.25, -0.2) is 0 Å². The van der Waals surface area contributed by atoms with E-state index in [1.165, 1.54) is 19.3 Å². The first-order chi connectivity index (χ1) is 13.0. The molecular weight excluding hydrogens is 383 g/mol. The van der Waals surface area contributed by atoms with Crippen molar-refractivity contribution in [3.8, 4) is 0 Å². The molecule has 0 bridgehead atoms. The van der Waals surface area contributed by atoms with E-state index in [4.69, 9.17) is 23.2 Å². The normalized spacial score (nSPS) is 17.1. The Morgan fingerprint density at radius 1 is 1.04 bits per heavy atom. The van der Waals surface area contributed by atoms with E-state index in [2.05, 4.69) is 5.32 Å². The number of hydrogen-bond donors (Lipinski definition) is 1. The van der Waals surface area contributed by atoms with Crippen LogP contribution in [-0.4, -0.2) is 22.8 Å². The van der Waals surface area contributed by atoms with Gasteiger partial charge in [0, 0.05) is 28.9 Å². The van der Waals surface area contributed by atoms with Crippen molar-refractivity contribution in [2.45, 2.75) is 44.7 Å². The topological polar surface area (TPSA) is 49.4 Å². The summed E-state index contributed by atoms with van der Waals surface area (Å²) in [5.41, 5.74) is 2.72. The standard InChI is InChI=1S/C21H20Cl2N2O2/c22-14-6-8-18(19(23)11-14)20(26)24-15-7-9-17-13(10-15)12-25(21(17)27)16-4-2-1-3-5-16/h6-11,16H,1-5,12H2,(H,24,26). The van der Waals surface area contributed by atoms with Crippen LogP contribution in [0.25, 0.3) is 0 Å². The van der Waals surface area contributed by atoms with Gasteiger partial charge >= 0.3 is 0 Å². The molecule has 2 aromatic rings. The second-order valence-corrected chi connectivity index (χ2v) is 8.02. The van der Waals surface area contributed by atoms with Crippen molar-refractivity contribution in [2.75, 3.05) is 5.32 Å². The molecule has 0 saturated heterocycles. The molecular formula is C21H20Cl2N2O2. The Balaban J connectivity index is 1.51. The van der Waals surface area contributed by atoms with Gasteiger partial charge in [0.1, 0.15) is 0 Å². The van der Waals surface area contributed by atoms with Gasteiger partial charge in [0.05, 0.1) is 10.6 Å². The lowest BCUT2D eigenvalue weighted by Gasteiger charge is -2.30. The van der Waals surface area contributed by atoms with Crippen molar-refractivity contribution in [2.24, 2.45) is 0 Å². The molecule has 6 heteroatoms. The zero-order valence-corrected chi connectivity index (χ0v) is 16.3. The minimum atomic E-state index is -0.301. The van der Waals surface area contributed by atoms with Gasteiger partial charge in [-0.3, -0.25) is 9.59 Å². The van der Waals surface area contributed by atoms with E-state index in [9.17, 15) is 9.59 Å². The van der Waals surface area contributed by atoms with E-state index >= 15 is 0 Å². The zero-order valence-electron chi connectivity index (χ0n) is 14.8. The fraction of sp³-hybridized carbons (Fsp3) is 0.333. The van der Waals surface area contributed by atoms with Crippen LogP contribution in [0.2, 0.25) is 10.0 Å². The highest BCUT2D eigenvalue weighted by Gasteiger charge is 2.33. The van der Waals surface area contributed by atoms with E-state index < -0.39 is 0 Å². The summed E-state index contributed by atoms with van der Waals surface area (Å²) in [6.07, 6.45) is 5.80. The van der Waals surface area contributed by atoms with Crippen LogP contribution in [0, 0.1) is 0 Å². The lowest BCUT2D eigenvalue weighted by Crippen LogP contribution is -2.36. The predicted octanol–water partition coefficient (Wildman–Crippen LogP) is 5.53. The van der Waals surface area contributed by atoms with Gasteiger partial charge < -0.3 is 10.2 Å². The van der Waals surface area contributed by atoms with Crippen molar-refractivity contribution in [1.29, 1.82) is 0 Å². The van der Waals surface area contributed by atoms with Crippen LogP contribution < -0.4 is 5.32 Å². The molecule has 2 aromatic carbocycles. The molecule has 4 rings (SSSR count). The first-order valence-electron chi connectivity index (χ1n) is 9.23. The molecule has 27 heavy (non-hydrogen) atoms. The number of nitrogens with zero attached hydrogens (tertiary/aromatic N) is 1. The molecule has 4 nitrogen and oxygen atoms in total. The van der Waals surface area contributed by atoms with Gasteiger partial charge in [0.25, 0.3) is 11.8 Å². The summed E-state index contributed by atoms with van der Waals surface area (Å²) >= 11 is 12.0. The Labute approximate surface area is 168 Å². The summed E-state index contributed by atoms with van der Waals surface area (Å²) in [6, 6.07) is 10.6. The Morgan fingerprint density at radius 3 is 2.56 bits per heavy atom. The molecule has 0 aromatic heterocycles. The van der Waals surface area contributed by atoms with Gasteiger partial charge in [0.15, 0.2) is 0 Å². The van der Waals surface area contributed by atoms with Gasteiger partial charge in [0.2, 0.25) is 0 Å². The third-order valence-electron chi connectivity index (χ3n) is 5.39. The Bertz CT molecular complexity index is 907. The average molecular weight is 403 g/mol. The van der Waals surface area contributed by atoms with Crippen LogP contribution in [0.15, 0.2) is 36.4 Å². The molecule has 2 amide bonds. The van der Waals surface area contributed by atoms with Gasteiger partial charge in [-0.1, -0.05) is 42.5 Å². The van der Waals surface area contributed by atoms with Crippen molar-refractivity contribution in [1.82, 2.24) is 4.90 Å². The molecule has 0 unspecified atom stereocenters. The van der Waals surface area contributed by atoms with Gasteiger partial charge in [-0.2, -0.15) is 0 Å². The minimum absolute atomic E-state index is 0.107. The molecule has 2 aliphatic rings. The molecule has 0 atom stereocenters. The molecule has 140 valence electrons. The molecule has 1 N–H and O–H groups in total. The molecule has 1 fully saturated rings. The SMILES string of the molecule is O=C(Nc1ccc2c(c1)CN(C1CCCCC1)C2=O)c1ccc(Cl)cc1Cl. The van der Waals surface area contributed by atoms with Crippen LogP contribution in [0.4, 0.5) is 5.69 Å². The minimum Gasteiger partial charge on any atom is -0.331 e. The number of fused-ring (bicyclic) bond motifs is 1. The number of carbonyl (C=O) groups excluding carboxylic acids is 2. The summed E-state index contributed by atoms with van der Waals surface area (Å²) in [4.78, 5) is 27.2. The summed E-state index contributed by atoms with van der Waals surface area (Å²) in [7, 11) is 0. The summed E-state index contributed by atoms with van der Waals surface area (Å²) < 4.78 is 0. The zero-order chi connectivity index (χ0) is 19.0. The van der Waals surface area contributed by atoms with Crippen LogP contribution in [0.5, 0.6) is 0 Å². The maximum atomic E-state index is 12.7. The van der Waals surface area contributed by atoms with Gasteiger partial charge in [-0.15, -0.1) is 0 Å². The molecule has 1 aliphatic carbocycles. The smallest absolute Gasteiger partial charge is 0.257 e. The molecule has 1 heterocycles. The first kappa shape index (κ1) is 18.3. The third kappa shape index (κ3) is 3.69. The fourth-order valence-corrected chi connectivity index (χ4v) is 4.47. The molecule has 0 radical (unpaired) electrons. The summed E-state index contributed by atoms with van der Waals surface area (Å²) in [6.45, 7) is 0.615. The van der Waals surface area contributed by atoms with Gasteiger partial charge in [-0.05, 0) is 54.8 Å². The van der Waals surface area contributed by atoms with E-state index in [0.717, 1.165) is 24.0 Å². The van der Waals surface area contributed by atoms with E-state index in [-0.39, 0.29) is 11.8 Å². The third-order valence-corrected chi connectivity index (χ3v) is 5.93. The fourth-order valence-electron chi connectivity index (χ4n) is 3.98. The second kappa shape index (κ2) is 7.53. The number of nitrogens with one attached hydrogen (secondary N) is 1. The monoisotopic (exact) mass is 402 g/mol. The van der Waals surface area contributed by atoms with Crippen molar-refractivity contribution in [3.63, 3.8) is 0 Å². The van der Waals surface area contributed by atoms with E-state index in [0.29, 0.717) is 33.9 Å². The highest BCUT2D eigenvalue weighted by atomic mass is 35.5. The van der Waals surface area contributed by atoms with Crippen molar-refractivity contribution in [3.05, 3.63) is 63.1 Å². The number of anilines is 1. The van der Waals surface area contributed by atoms with Crippen molar-refractivity contribution >= 4 is 40.7 Å². The van der Waals surface area contributed by atoms with Crippen LogP contribution in [0.1, 0.15) is 58.4 Å². The lowest BCUT2D eigenvalue weighted by molar-refractivity contribution is 0.0660. The van der Waals surface area contributed by atoms with Crippen LogP contribution >= 0.6 is 23.2 Å². The number of amides is 2. The number of hydrogen-bond acceptors (Lipinski definition) is 2. The second-order valence-electron chi connectivity index (χ2n) is 7.18. The lowest BCUT2D eigenvalue weighted by atomic mass is 9.94. The molecule has 1 saturated carbocycles. The highest BCUT2D eigenvalue weighted by molar-refractivity contribution is 6.37. The molecule has 1 aliphatic heterocycles. The Morgan fingerprint density at radius 2 is 1.81 bits per heavy atom. The number of benzene rings is 2. The average Bonchev–Trinajstić information content (AvgIpc) is 2.98. The highest BCUT2D eigenvalue weighted by Crippen LogP contribution is 2.32. The Kier molecular flexibility index (Phi) is 5.11. The quantitative estimate of drug-likeness (QED) is 0.732. The first-order valence-corrected chi connectivity index (χ1v) is 9.99. The van der Waals surface area contributed by atoms with E-state index in [1.54, 1.807) is 30.3 Å². The number of carbonyl (C=O) groups is 2. The summed E-state index contributed by atoms with van der Waals surface area (Å²) in [5.74, 6) is -0.194. The maximum absolute atomic E-state index is 12.7. The Hall–Kier alpha value is -2.04. The molecule has 0 spiro atoms. The predicted molar refractivity (Wildman–Crippen MR) is 108 cm³/mol. The summed E-state index contributed by atoms with van der Waals surface area (Å²) in [5, 5.41) is 3.65. The largest absolute Gasteiger partial charge is 0.331 e. The number of halogens is 2.